The van der Waals surface area contributed by atoms with E-state index in [4.69, 9.17) is 4.74 Å². The molecule has 0 heterocycles. The average molecular weight is 216 g/mol. The molecular formula is C13H28O2. The van der Waals surface area contributed by atoms with E-state index in [1.807, 2.05) is 6.92 Å². The van der Waals surface area contributed by atoms with Crippen LogP contribution in [0, 0.1) is 0 Å². The zero-order valence-electron chi connectivity index (χ0n) is 10.7. The van der Waals surface area contributed by atoms with E-state index >= 15 is 0 Å². The highest BCUT2D eigenvalue weighted by Crippen LogP contribution is 2.07. The normalized spacial score (nSPS) is 15.2. The van der Waals surface area contributed by atoms with Gasteiger partial charge in [-0.25, -0.2) is 0 Å². The molecule has 0 aromatic carbocycles. The Hall–Kier alpha value is -0.0800. The number of ether oxygens (including phenoxy) is 1. The van der Waals surface area contributed by atoms with Crippen molar-refractivity contribution in [2.45, 2.75) is 77.9 Å². The molecule has 2 heteroatoms. The molecule has 0 aromatic rings. The van der Waals surface area contributed by atoms with Crippen molar-refractivity contribution < 1.29 is 9.84 Å². The van der Waals surface area contributed by atoms with Gasteiger partial charge in [-0.05, 0) is 20.3 Å². The second-order valence-electron chi connectivity index (χ2n) is 4.44. The van der Waals surface area contributed by atoms with Crippen LogP contribution in [0.15, 0.2) is 0 Å². The smallest absolute Gasteiger partial charge is 0.0803 e. The fourth-order valence-electron chi connectivity index (χ4n) is 1.47. The zero-order chi connectivity index (χ0) is 11.5. The highest BCUT2D eigenvalue weighted by atomic mass is 16.5. The Morgan fingerprint density at radius 1 is 0.933 bits per heavy atom. The molecule has 0 rings (SSSR count). The Kier molecular flexibility index (Phi) is 10.4. The van der Waals surface area contributed by atoms with Crippen molar-refractivity contribution >= 4 is 0 Å². The minimum absolute atomic E-state index is 0.0231. The molecular weight excluding hydrogens is 188 g/mol. The molecule has 0 aliphatic carbocycles. The summed E-state index contributed by atoms with van der Waals surface area (Å²) in [6.07, 6.45) is 8.76. The SMILES string of the molecule is CCCCCCCCCOC(C)C(C)O. The minimum atomic E-state index is -0.352. The van der Waals surface area contributed by atoms with Crippen LogP contribution in [0.1, 0.15) is 65.7 Å². The van der Waals surface area contributed by atoms with E-state index in [0.29, 0.717) is 0 Å². The largest absolute Gasteiger partial charge is 0.391 e. The summed E-state index contributed by atoms with van der Waals surface area (Å²) in [7, 11) is 0. The van der Waals surface area contributed by atoms with E-state index in [0.717, 1.165) is 13.0 Å². The Balaban J connectivity index is 3.05. The molecule has 92 valence electrons. The maximum Gasteiger partial charge on any atom is 0.0803 e. The van der Waals surface area contributed by atoms with Gasteiger partial charge in [0, 0.05) is 6.61 Å². The second-order valence-corrected chi connectivity index (χ2v) is 4.44. The summed E-state index contributed by atoms with van der Waals surface area (Å²) in [6.45, 7) is 6.73. The number of unbranched alkanes of at least 4 members (excludes halogenated alkanes) is 6. The Morgan fingerprint density at radius 3 is 2.00 bits per heavy atom. The Bertz CT molecular complexity index is 124. The third kappa shape index (κ3) is 10.2. The van der Waals surface area contributed by atoms with Crippen LogP contribution in [0.25, 0.3) is 0 Å². The molecule has 0 aliphatic heterocycles. The molecule has 2 unspecified atom stereocenters. The van der Waals surface area contributed by atoms with Gasteiger partial charge >= 0.3 is 0 Å². The molecule has 15 heavy (non-hydrogen) atoms. The highest BCUT2D eigenvalue weighted by Gasteiger charge is 2.07. The molecule has 2 nitrogen and oxygen atoms in total. The van der Waals surface area contributed by atoms with Gasteiger partial charge in [-0.15, -0.1) is 0 Å². The maximum atomic E-state index is 9.20. The molecule has 0 radical (unpaired) electrons. The van der Waals surface area contributed by atoms with Gasteiger partial charge in [0.15, 0.2) is 0 Å². The van der Waals surface area contributed by atoms with Crippen LogP contribution in [-0.2, 0) is 4.74 Å². The van der Waals surface area contributed by atoms with Crippen molar-refractivity contribution in [1.29, 1.82) is 0 Å². The lowest BCUT2D eigenvalue weighted by atomic mass is 10.1. The van der Waals surface area contributed by atoms with Gasteiger partial charge in [-0.1, -0.05) is 45.4 Å². The van der Waals surface area contributed by atoms with Gasteiger partial charge in [0.25, 0.3) is 0 Å². The van der Waals surface area contributed by atoms with Gasteiger partial charge < -0.3 is 9.84 Å². The predicted octanol–water partition coefficient (Wildman–Crippen LogP) is 3.52. The zero-order valence-corrected chi connectivity index (χ0v) is 10.7. The third-order valence-corrected chi connectivity index (χ3v) is 2.81. The molecule has 0 aliphatic rings. The van der Waals surface area contributed by atoms with E-state index in [-0.39, 0.29) is 12.2 Å². The Morgan fingerprint density at radius 2 is 1.47 bits per heavy atom. The quantitative estimate of drug-likeness (QED) is 0.566. The van der Waals surface area contributed by atoms with Crippen molar-refractivity contribution in [2.75, 3.05) is 6.61 Å². The van der Waals surface area contributed by atoms with Crippen molar-refractivity contribution in [3.63, 3.8) is 0 Å². The number of aliphatic hydroxyl groups is 1. The molecule has 1 N–H and O–H groups in total. The van der Waals surface area contributed by atoms with Crippen molar-refractivity contribution in [3.05, 3.63) is 0 Å². The summed E-state index contributed by atoms with van der Waals surface area (Å²) < 4.78 is 5.48. The molecule has 0 spiro atoms. The van der Waals surface area contributed by atoms with E-state index < -0.39 is 0 Å². The summed E-state index contributed by atoms with van der Waals surface area (Å²) in [4.78, 5) is 0. The second kappa shape index (κ2) is 10.4. The summed E-state index contributed by atoms with van der Waals surface area (Å²) in [6, 6.07) is 0. The average Bonchev–Trinajstić information content (AvgIpc) is 2.21. The highest BCUT2D eigenvalue weighted by molar-refractivity contribution is 4.56. The molecule has 0 saturated carbocycles. The standard InChI is InChI=1S/C13H28O2/c1-4-5-6-7-8-9-10-11-15-13(3)12(2)14/h12-14H,4-11H2,1-3H3. The molecule has 0 saturated heterocycles. The first-order valence-corrected chi connectivity index (χ1v) is 6.48. The summed E-state index contributed by atoms with van der Waals surface area (Å²) in [5.41, 5.74) is 0. The van der Waals surface area contributed by atoms with Gasteiger partial charge in [0.2, 0.25) is 0 Å². The predicted molar refractivity (Wildman–Crippen MR) is 65.1 cm³/mol. The van der Waals surface area contributed by atoms with Crippen LogP contribution < -0.4 is 0 Å². The van der Waals surface area contributed by atoms with Crippen LogP contribution in [0.2, 0.25) is 0 Å². The van der Waals surface area contributed by atoms with Gasteiger partial charge in [-0.2, -0.15) is 0 Å². The van der Waals surface area contributed by atoms with Gasteiger partial charge in [0.1, 0.15) is 0 Å². The Labute approximate surface area is 95.0 Å². The lowest BCUT2D eigenvalue weighted by Crippen LogP contribution is -2.23. The summed E-state index contributed by atoms with van der Waals surface area (Å²) in [5, 5.41) is 9.20. The summed E-state index contributed by atoms with van der Waals surface area (Å²) >= 11 is 0. The molecule has 0 fully saturated rings. The topological polar surface area (TPSA) is 29.5 Å². The molecule has 0 amide bonds. The van der Waals surface area contributed by atoms with E-state index in [9.17, 15) is 5.11 Å². The van der Waals surface area contributed by atoms with Crippen LogP contribution in [0.3, 0.4) is 0 Å². The summed E-state index contributed by atoms with van der Waals surface area (Å²) in [5.74, 6) is 0. The minimum Gasteiger partial charge on any atom is -0.391 e. The number of rotatable bonds is 10. The maximum absolute atomic E-state index is 9.20. The van der Waals surface area contributed by atoms with Crippen molar-refractivity contribution in [1.82, 2.24) is 0 Å². The van der Waals surface area contributed by atoms with Gasteiger partial charge in [-0.3, -0.25) is 0 Å². The number of aliphatic hydroxyl groups excluding tert-OH is 1. The van der Waals surface area contributed by atoms with E-state index in [1.54, 1.807) is 6.92 Å². The first-order chi connectivity index (χ1) is 7.18. The lowest BCUT2D eigenvalue weighted by Gasteiger charge is -2.15. The third-order valence-electron chi connectivity index (χ3n) is 2.81. The monoisotopic (exact) mass is 216 g/mol. The lowest BCUT2D eigenvalue weighted by molar-refractivity contribution is -0.0194. The molecule has 0 aromatic heterocycles. The molecule has 0 bridgehead atoms. The van der Waals surface area contributed by atoms with Crippen molar-refractivity contribution in [3.8, 4) is 0 Å². The fraction of sp³-hybridized carbons (Fsp3) is 1.00. The fourth-order valence-corrected chi connectivity index (χ4v) is 1.47. The van der Waals surface area contributed by atoms with Crippen LogP contribution in [0.4, 0.5) is 0 Å². The van der Waals surface area contributed by atoms with E-state index in [2.05, 4.69) is 6.92 Å². The number of hydrogen-bond acceptors (Lipinski definition) is 2. The molecule has 2 atom stereocenters. The van der Waals surface area contributed by atoms with Crippen LogP contribution in [0.5, 0.6) is 0 Å². The van der Waals surface area contributed by atoms with Crippen LogP contribution >= 0.6 is 0 Å². The van der Waals surface area contributed by atoms with Crippen molar-refractivity contribution in [2.24, 2.45) is 0 Å². The first kappa shape index (κ1) is 14.9. The first-order valence-electron chi connectivity index (χ1n) is 6.48. The van der Waals surface area contributed by atoms with Gasteiger partial charge in [0.05, 0.1) is 12.2 Å². The number of hydrogen-bond donors (Lipinski definition) is 1. The van der Waals surface area contributed by atoms with Crippen LogP contribution in [-0.4, -0.2) is 23.9 Å². The van der Waals surface area contributed by atoms with E-state index in [1.165, 1.54) is 38.5 Å².